The Labute approximate surface area is 100 Å². The summed E-state index contributed by atoms with van der Waals surface area (Å²) in [6.45, 7) is 0. The highest BCUT2D eigenvalue weighted by molar-refractivity contribution is 9.10. The number of carbonyl (C=O) groups is 1. The standard InChI is InChI=1S/C10H11BrFNO3/c11-6-3-5(4-7(12)10(6)16)8(13)1-2-9(14)15/h3-4,8,16H,1-2,13H2,(H,14,15). The summed E-state index contributed by atoms with van der Waals surface area (Å²) in [7, 11) is 0. The molecule has 0 aromatic heterocycles. The number of carboxylic acid groups (broad SMARTS) is 1. The van der Waals surface area contributed by atoms with Crippen LogP contribution < -0.4 is 5.73 Å². The molecule has 0 bridgehead atoms. The molecule has 0 aliphatic carbocycles. The average Bonchev–Trinajstić information content (AvgIpc) is 2.21. The Kier molecular flexibility index (Phi) is 4.26. The molecule has 88 valence electrons. The molecule has 16 heavy (non-hydrogen) atoms. The van der Waals surface area contributed by atoms with E-state index in [1.807, 2.05) is 0 Å². The maximum Gasteiger partial charge on any atom is 0.303 e. The Morgan fingerprint density at radius 2 is 2.19 bits per heavy atom. The summed E-state index contributed by atoms with van der Waals surface area (Å²) in [4.78, 5) is 10.3. The number of phenols is 1. The minimum absolute atomic E-state index is 0.0821. The molecule has 1 rings (SSSR count). The van der Waals surface area contributed by atoms with Gasteiger partial charge in [-0.3, -0.25) is 4.79 Å². The highest BCUT2D eigenvalue weighted by atomic mass is 79.9. The summed E-state index contributed by atoms with van der Waals surface area (Å²) in [5.74, 6) is -2.21. The van der Waals surface area contributed by atoms with Crippen LogP contribution >= 0.6 is 15.9 Å². The Morgan fingerprint density at radius 3 is 2.69 bits per heavy atom. The summed E-state index contributed by atoms with van der Waals surface area (Å²) in [6, 6.07) is 2.01. The van der Waals surface area contributed by atoms with E-state index in [-0.39, 0.29) is 17.3 Å². The number of aromatic hydroxyl groups is 1. The van der Waals surface area contributed by atoms with Gasteiger partial charge in [0, 0.05) is 12.5 Å². The average molecular weight is 292 g/mol. The van der Waals surface area contributed by atoms with Crippen molar-refractivity contribution in [3.05, 3.63) is 28.0 Å². The van der Waals surface area contributed by atoms with Crippen LogP contribution in [-0.4, -0.2) is 16.2 Å². The van der Waals surface area contributed by atoms with Crippen LogP contribution in [-0.2, 0) is 4.79 Å². The molecule has 1 unspecified atom stereocenters. The summed E-state index contributed by atoms with van der Waals surface area (Å²) in [6.07, 6.45) is 0.132. The van der Waals surface area contributed by atoms with Gasteiger partial charge in [-0.05, 0) is 40.0 Å². The second-order valence-electron chi connectivity index (χ2n) is 3.37. The fourth-order valence-corrected chi connectivity index (χ4v) is 1.70. The third-order valence-corrected chi connectivity index (χ3v) is 2.74. The van der Waals surface area contributed by atoms with E-state index in [0.29, 0.717) is 5.56 Å². The molecule has 0 amide bonds. The van der Waals surface area contributed by atoms with Crippen LogP contribution in [0.3, 0.4) is 0 Å². The predicted octanol–water partition coefficient (Wildman–Crippen LogP) is 2.16. The number of carboxylic acids is 1. The van der Waals surface area contributed by atoms with Crippen LogP contribution in [0.5, 0.6) is 5.75 Å². The monoisotopic (exact) mass is 291 g/mol. The number of halogens is 2. The van der Waals surface area contributed by atoms with Crippen molar-refractivity contribution in [2.45, 2.75) is 18.9 Å². The molecule has 0 aliphatic heterocycles. The van der Waals surface area contributed by atoms with E-state index in [2.05, 4.69) is 15.9 Å². The van der Waals surface area contributed by atoms with E-state index < -0.39 is 23.6 Å². The van der Waals surface area contributed by atoms with Crippen molar-refractivity contribution in [1.82, 2.24) is 0 Å². The van der Waals surface area contributed by atoms with E-state index in [9.17, 15) is 14.3 Å². The normalized spacial score (nSPS) is 12.4. The fourth-order valence-electron chi connectivity index (χ4n) is 1.24. The predicted molar refractivity (Wildman–Crippen MR) is 59.6 cm³/mol. The van der Waals surface area contributed by atoms with Crippen LogP contribution in [0.4, 0.5) is 4.39 Å². The van der Waals surface area contributed by atoms with Crippen molar-refractivity contribution in [3.63, 3.8) is 0 Å². The molecule has 0 heterocycles. The molecule has 1 aromatic carbocycles. The van der Waals surface area contributed by atoms with E-state index in [4.69, 9.17) is 10.8 Å². The third kappa shape index (κ3) is 3.18. The molecule has 0 radical (unpaired) electrons. The Balaban J connectivity index is 2.84. The lowest BCUT2D eigenvalue weighted by Gasteiger charge is -2.12. The van der Waals surface area contributed by atoms with Crippen molar-refractivity contribution in [1.29, 1.82) is 0 Å². The van der Waals surface area contributed by atoms with Gasteiger partial charge in [0.25, 0.3) is 0 Å². The molecular formula is C10H11BrFNO3. The zero-order valence-electron chi connectivity index (χ0n) is 8.28. The molecule has 4 nitrogen and oxygen atoms in total. The zero-order chi connectivity index (χ0) is 12.3. The minimum Gasteiger partial charge on any atom is -0.504 e. The Hall–Kier alpha value is -1.14. The smallest absolute Gasteiger partial charge is 0.303 e. The Bertz CT molecular complexity index is 388. The van der Waals surface area contributed by atoms with E-state index in [0.717, 1.165) is 6.07 Å². The second kappa shape index (κ2) is 5.27. The summed E-state index contributed by atoms with van der Waals surface area (Å²) in [5.41, 5.74) is 6.15. The van der Waals surface area contributed by atoms with Gasteiger partial charge in [0.1, 0.15) is 0 Å². The maximum absolute atomic E-state index is 13.1. The first kappa shape index (κ1) is 12.9. The lowest BCUT2D eigenvalue weighted by atomic mass is 10.0. The first-order chi connectivity index (χ1) is 7.41. The molecule has 0 saturated heterocycles. The minimum atomic E-state index is -0.950. The molecule has 0 spiro atoms. The number of benzene rings is 1. The van der Waals surface area contributed by atoms with E-state index in [1.54, 1.807) is 0 Å². The summed E-state index contributed by atoms with van der Waals surface area (Å²) in [5, 5.41) is 17.7. The van der Waals surface area contributed by atoms with Crippen LogP contribution in [0.15, 0.2) is 16.6 Å². The lowest BCUT2D eigenvalue weighted by molar-refractivity contribution is -0.137. The van der Waals surface area contributed by atoms with Gasteiger partial charge in [-0.1, -0.05) is 0 Å². The highest BCUT2D eigenvalue weighted by Gasteiger charge is 2.13. The SMILES string of the molecule is NC(CCC(=O)O)c1cc(F)c(O)c(Br)c1. The van der Waals surface area contributed by atoms with E-state index >= 15 is 0 Å². The number of phenolic OH excluding ortho intramolecular Hbond substituents is 1. The van der Waals surface area contributed by atoms with Crippen LogP contribution in [0.25, 0.3) is 0 Å². The van der Waals surface area contributed by atoms with Gasteiger partial charge in [-0.15, -0.1) is 0 Å². The van der Waals surface area contributed by atoms with Crippen LogP contribution in [0.1, 0.15) is 24.4 Å². The van der Waals surface area contributed by atoms with Gasteiger partial charge in [0.2, 0.25) is 0 Å². The topological polar surface area (TPSA) is 83.6 Å². The highest BCUT2D eigenvalue weighted by Crippen LogP contribution is 2.30. The van der Waals surface area contributed by atoms with Crippen LogP contribution in [0.2, 0.25) is 0 Å². The fraction of sp³-hybridized carbons (Fsp3) is 0.300. The zero-order valence-corrected chi connectivity index (χ0v) is 9.87. The van der Waals surface area contributed by atoms with Crippen molar-refractivity contribution in [3.8, 4) is 5.75 Å². The number of hydrogen-bond acceptors (Lipinski definition) is 3. The van der Waals surface area contributed by atoms with Crippen molar-refractivity contribution >= 4 is 21.9 Å². The van der Waals surface area contributed by atoms with Gasteiger partial charge in [0.15, 0.2) is 11.6 Å². The molecule has 1 aromatic rings. The van der Waals surface area contributed by atoms with Gasteiger partial charge in [-0.25, -0.2) is 4.39 Å². The van der Waals surface area contributed by atoms with Crippen molar-refractivity contribution < 1.29 is 19.4 Å². The lowest BCUT2D eigenvalue weighted by Crippen LogP contribution is -2.12. The molecule has 4 N–H and O–H groups in total. The number of rotatable bonds is 4. The molecule has 1 atom stereocenters. The second-order valence-corrected chi connectivity index (χ2v) is 4.23. The van der Waals surface area contributed by atoms with E-state index in [1.165, 1.54) is 6.07 Å². The van der Waals surface area contributed by atoms with Crippen LogP contribution in [0, 0.1) is 5.82 Å². The largest absolute Gasteiger partial charge is 0.504 e. The third-order valence-electron chi connectivity index (χ3n) is 2.14. The van der Waals surface area contributed by atoms with Gasteiger partial charge >= 0.3 is 5.97 Å². The summed E-state index contributed by atoms with van der Waals surface area (Å²) < 4.78 is 13.3. The number of nitrogens with two attached hydrogens (primary N) is 1. The van der Waals surface area contributed by atoms with Gasteiger partial charge < -0.3 is 15.9 Å². The quantitative estimate of drug-likeness (QED) is 0.794. The van der Waals surface area contributed by atoms with Crippen molar-refractivity contribution in [2.24, 2.45) is 5.73 Å². The molecule has 0 aliphatic rings. The van der Waals surface area contributed by atoms with Gasteiger partial charge in [0.05, 0.1) is 4.47 Å². The Morgan fingerprint density at radius 1 is 1.56 bits per heavy atom. The maximum atomic E-state index is 13.1. The molecule has 0 fully saturated rings. The molecule has 0 saturated carbocycles. The van der Waals surface area contributed by atoms with Crippen molar-refractivity contribution in [2.75, 3.05) is 0 Å². The summed E-state index contributed by atoms with van der Waals surface area (Å²) >= 11 is 2.98. The number of hydrogen-bond donors (Lipinski definition) is 3. The first-order valence-electron chi connectivity index (χ1n) is 4.57. The molecular weight excluding hydrogens is 281 g/mol. The first-order valence-corrected chi connectivity index (χ1v) is 5.36. The molecule has 6 heteroatoms. The number of aliphatic carboxylic acids is 1. The van der Waals surface area contributed by atoms with Gasteiger partial charge in [-0.2, -0.15) is 0 Å².